The lowest BCUT2D eigenvalue weighted by atomic mass is 9.85. The van der Waals surface area contributed by atoms with Crippen LogP contribution in [0.25, 0.3) is 0 Å². The van der Waals surface area contributed by atoms with Crippen molar-refractivity contribution in [2.45, 2.75) is 77.2 Å². The molecule has 0 heterocycles. The summed E-state index contributed by atoms with van der Waals surface area (Å²) in [7, 11) is 1.70. The van der Waals surface area contributed by atoms with Crippen molar-refractivity contribution in [1.82, 2.24) is 0 Å². The highest BCUT2D eigenvalue weighted by molar-refractivity contribution is 5.71. The number of rotatable bonds is 13. The number of carboxylic acid groups (broad SMARTS) is 1. The van der Waals surface area contributed by atoms with Crippen LogP contribution in [-0.4, -0.2) is 42.6 Å². The first-order chi connectivity index (χ1) is 12.8. The molecule has 0 radical (unpaired) electrons. The molecule has 0 fully saturated rings. The van der Waals surface area contributed by atoms with Crippen molar-refractivity contribution in [2.24, 2.45) is 0 Å². The highest BCUT2D eigenvalue weighted by atomic mass is 16.5. The molecular weight excluding hydrogens is 344 g/mol. The van der Waals surface area contributed by atoms with E-state index in [-0.39, 0.29) is 5.41 Å². The lowest BCUT2D eigenvalue weighted by molar-refractivity contribution is -0.146. The van der Waals surface area contributed by atoms with Crippen molar-refractivity contribution in [3.8, 4) is 5.75 Å². The molecule has 0 bridgehead atoms. The average Bonchev–Trinajstić information content (AvgIpc) is 2.60. The molecule has 0 amide bonds. The number of carbonyl (C=O) groups is 1. The molecule has 1 aromatic rings. The van der Waals surface area contributed by atoms with Crippen molar-refractivity contribution < 1.29 is 24.5 Å². The third-order valence-electron chi connectivity index (χ3n) is 4.58. The van der Waals surface area contributed by atoms with Crippen LogP contribution < -0.4 is 4.74 Å². The predicted molar refractivity (Wildman–Crippen MR) is 108 cm³/mol. The largest absolute Gasteiger partial charge is 0.493 e. The number of benzene rings is 1. The van der Waals surface area contributed by atoms with Gasteiger partial charge in [-0.3, -0.25) is 0 Å². The van der Waals surface area contributed by atoms with Crippen molar-refractivity contribution in [3.05, 3.63) is 29.3 Å². The summed E-state index contributed by atoms with van der Waals surface area (Å²) in [5.74, 6) is -0.173. The number of ether oxygens (including phenoxy) is 2. The molecular formula is C22H36O5. The van der Waals surface area contributed by atoms with E-state index in [9.17, 15) is 9.90 Å². The number of unbranched alkanes of at least 4 members (excludes halogenated alkanes) is 3. The van der Waals surface area contributed by atoms with E-state index in [1.165, 1.54) is 11.1 Å². The maximum atomic E-state index is 10.6. The first-order valence-corrected chi connectivity index (χ1v) is 9.91. The van der Waals surface area contributed by atoms with E-state index in [1.54, 1.807) is 7.11 Å². The minimum Gasteiger partial charge on any atom is -0.493 e. The molecule has 0 aliphatic carbocycles. The fourth-order valence-electron chi connectivity index (χ4n) is 2.99. The first-order valence-electron chi connectivity index (χ1n) is 9.91. The highest BCUT2D eigenvalue weighted by Gasteiger charge is 2.19. The Balaban J connectivity index is 2.51. The average molecular weight is 381 g/mol. The Morgan fingerprint density at radius 3 is 2.41 bits per heavy atom. The molecule has 0 saturated heterocycles. The monoisotopic (exact) mass is 380 g/mol. The van der Waals surface area contributed by atoms with E-state index in [0.717, 1.165) is 44.3 Å². The van der Waals surface area contributed by atoms with Gasteiger partial charge in [0.05, 0.1) is 6.61 Å². The molecule has 0 aromatic heterocycles. The fraction of sp³-hybridized carbons (Fsp3) is 0.682. The maximum Gasteiger partial charge on any atom is 0.332 e. The second-order valence-corrected chi connectivity index (χ2v) is 8.08. The zero-order valence-electron chi connectivity index (χ0n) is 17.3. The Labute approximate surface area is 163 Å². The molecule has 0 aliphatic heterocycles. The first kappa shape index (κ1) is 23.4. The van der Waals surface area contributed by atoms with Gasteiger partial charge in [0.2, 0.25) is 0 Å². The van der Waals surface area contributed by atoms with Crippen LogP contribution in [0.15, 0.2) is 18.2 Å². The maximum absolute atomic E-state index is 10.6. The van der Waals surface area contributed by atoms with Crippen LogP contribution in [0.5, 0.6) is 5.75 Å². The van der Waals surface area contributed by atoms with Gasteiger partial charge < -0.3 is 19.7 Å². The topological polar surface area (TPSA) is 76.0 Å². The van der Waals surface area contributed by atoms with Crippen molar-refractivity contribution >= 4 is 5.97 Å². The predicted octanol–water partition coefficient (Wildman–Crippen LogP) is 4.34. The van der Waals surface area contributed by atoms with Crippen LogP contribution in [0, 0.1) is 0 Å². The Kier molecular flexibility index (Phi) is 10.4. The molecule has 5 heteroatoms. The molecule has 5 nitrogen and oxygen atoms in total. The summed E-state index contributed by atoms with van der Waals surface area (Å²) >= 11 is 0. The Morgan fingerprint density at radius 2 is 1.78 bits per heavy atom. The van der Waals surface area contributed by atoms with Gasteiger partial charge in [-0.25, -0.2) is 4.79 Å². The van der Waals surface area contributed by atoms with Crippen LogP contribution in [0.4, 0.5) is 0 Å². The number of methoxy groups -OCH3 is 1. The quantitative estimate of drug-likeness (QED) is 0.498. The standard InChI is InChI=1S/C22H36O5/c1-22(2,3)18-13-12-17(16-20(18)27-15-9-14-26-4)10-7-5-6-8-11-19(23)21(24)25/h12-13,16,19,23H,5-11,14-15H2,1-4H3,(H,24,25)/t19-/m0/s1. The van der Waals surface area contributed by atoms with Gasteiger partial charge in [0.1, 0.15) is 5.75 Å². The van der Waals surface area contributed by atoms with E-state index in [2.05, 4.69) is 39.0 Å². The SMILES string of the molecule is COCCCOc1cc(CCCCCC[C@H](O)C(=O)O)ccc1C(C)(C)C. The summed E-state index contributed by atoms with van der Waals surface area (Å²) in [5, 5.41) is 17.9. The van der Waals surface area contributed by atoms with Crippen molar-refractivity contribution in [1.29, 1.82) is 0 Å². The van der Waals surface area contributed by atoms with Crippen LogP contribution in [-0.2, 0) is 21.4 Å². The number of carboxylic acids is 1. The lowest BCUT2D eigenvalue weighted by Crippen LogP contribution is -2.18. The number of aliphatic hydroxyl groups is 1. The van der Waals surface area contributed by atoms with E-state index < -0.39 is 12.1 Å². The second kappa shape index (κ2) is 12.0. The van der Waals surface area contributed by atoms with Gasteiger partial charge in [0.15, 0.2) is 6.10 Å². The number of aliphatic carboxylic acids is 1. The summed E-state index contributed by atoms with van der Waals surface area (Å²) in [6.45, 7) is 7.91. The van der Waals surface area contributed by atoms with Gasteiger partial charge in [-0.2, -0.15) is 0 Å². The van der Waals surface area contributed by atoms with Crippen LogP contribution >= 0.6 is 0 Å². The van der Waals surface area contributed by atoms with E-state index in [4.69, 9.17) is 14.6 Å². The van der Waals surface area contributed by atoms with Crippen molar-refractivity contribution in [3.63, 3.8) is 0 Å². The third-order valence-corrected chi connectivity index (χ3v) is 4.58. The summed E-state index contributed by atoms with van der Waals surface area (Å²) in [6, 6.07) is 6.50. The number of aryl methyl sites for hydroxylation is 1. The van der Waals surface area contributed by atoms with Crippen molar-refractivity contribution in [2.75, 3.05) is 20.3 Å². The molecule has 1 aromatic carbocycles. The van der Waals surface area contributed by atoms with Crippen LogP contribution in [0.1, 0.15) is 70.4 Å². The highest BCUT2D eigenvalue weighted by Crippen LogP contribution is 2.32. The Hall–Kier alpha value is -1.59. The summed E-state index contributed by atoms with van der Waals surface area (Å²) in [4.78, 5) is 10.6. The van der Waals surface area contributed by atoms with Crippen LogP contribution in [0.2, 0.25) is 0 Å². The molecule has 0 spiro atoms. The van der Waals surface area contributed by atoms with E-state index in [0.29, 0.717) is 19.6 Å². The summed E-state index contributed by atoms with van der Waals surface area (Å²) in [6.07, 6.45) is 4.68. The molecule has 27 heavy (non-hydrogen) atoms. The zero-order valence-corrected chi connectivity index (χ0v) is 17.3. The fourth-order valence-corrected chi connectivity index (χ4v) is 2.99. The third kappa shape index (κ3) is 9.25. The molecule has 154 valence electrons. The minimum absolute atomic E-state index is 0.0279. The van der Waals surface area contributed by atoms with Gasteiger partial charge in [-0.1, -0.05) is 52.2 Å². The molecule has 1 atom stereocenters. The Bertz CT molecular complexity index is 562. The number of hydrogen-bond donors (Lipinski definition) is 2. The van der Waals surface area contributed by atoms with Crippen LogP contribution in [0.3, 0.4) is 0 Å². The number of hydrogen-bond acceptors (Lipinski definition) is 4. The van der Waals surface area contributed by atoms with Gasteiger partial charge in [0, 0.05) is 20.1 Å². The Morgan fingerprint density at radius 1 is 1.07 bits per heavy atom. The number of aliphatic hydroxyl groups excluding tert-OH is 1. The van der Waals surface area contributed by atoms with Gasteiger partial charge in [-0.15, -0.1) is 0 Å². The molecule has 0 saturated carbocycles. The summed E-state index contributed by atoms with van der Waals surface area (Å²) in [5.41, 5.74) is 2.50. The smallest absolute Gasteiger partial charge is 0.332 e. The normalized spacial score (nSPS) is 12.8. The van der Waals surface area contributed by atoms with Gasteiger partial charge in [-0.05, 0) is 41.9 Å². The minimum atomic E-state index is -1.23. The molecule has 2 N–H and O–H groups in total. The molecule has 0 unspecified atom stereocenters. The molecule has 1 rings (SSSR count). The van der Waals surface area contributed by atoms with E-state index >= 15 is 0 Å². The van der Waals surface area contributed by atoms with Gasteiger partial charge in [0.25, 0.3) is 0 Å². The lowest BCUT2D eigenvalue weighted by Gasteiger charge is -2.23. The van der Waals surface area contributed by atoms with E-state index in [1.807, 2.05) is 0 Å². The zero-order chi connectivity index (χ0) is 20.3. The summed E-state index contributed by atoms with van der Waals surface area (Å²) < 4.78 is 11.1. The second-order valence-electron chi connectivity index (χ2n) is 8.08. The van der Waals surface area contributed by atoms with Gasteiger partial charge >= 0.3 is 5.97 Å². The molecule has 0 aliphatic rings.